The molecule has 13 heavy (non-hydrogen) atoms. The smallest absolute Gasteiger partial charge is 0.222 e. The second kappa shape index (κ2) is 4.90. The first kappa shape index (κ1) is 10.1. The number of hydrogen-bond donors (Lipinski definition) is 1. The van der Waals surface area contributed by atoms with Gasteiger partial charge in [0.2, 0.25) is 5.91 Å². The molecule has 0 radical (unpaired) electrons. The van der Waals surface area contributed by atoms with E-state index in [4.69, 9.17) is 4.74 Å². The number of carbonyl (C=O) groups excluding carboxylic acids is 1. The van der Waals surface area contributed by atoms with E-state index in [2.05, 4.69) is 5.32 Å². The third-order valence-corrected chi connectivity index (χ3v) is 2.12. The first-order valence-electron chi connectivity index (χ1n) is 4.76. The van der Waals surface area contributed by atoms with Crippen molar-refractivity contribution < 1.29 is 9.53 Å². The molecule has 1 atom stereocenters. The molecular formula is C10H17NO2. The Morgan fingerprint density at radius 2 is 2.46 bits per heavy atom. The van der Waals surface area contributed by atoms with E-state index in [1.54, 1.807) is 6.26 Å². The third-order valence-electron chi connectivity index (χ3n) is 2.12. The van der Waals surface area contributed by atoms with Crippen LogP contribution in [0.4, 0.5) is 0 Å². The van der Waals surface area contributed by atoms with E-state index in [0.29, 0.717) is 5.92 Å². The summed E-state index contributed by atoms with van der Waals surface area (Å²) in [7, 11) is 0. The van der Waals surface area contributed by atoms with Crippen molar-refractivity contribution in [3.8, 4) is 0 Å². The molecule has 1 N–H and O–H groups in total. The molecule has 74 valence electrons. The van der Waals surface area contributed by atoms with Crippen LogP contribution in [0.3, 0.4) is 0 Å². The van der Waals surface area contributed by atoms with Crippen LogP contribution in [0.5, 0.6) is 0 Å². The minimum Gasteiger partial charge on any atom is -0.501 e. The van der Waals surface area contributed by atoms with Gasteiger partial charge in [-0.25, -0.2) is 0 Å². The van der Waals surface area contributed by atoms with E-state index in [-0.39, 0.29) is 11.8 Å². The van der Waals surface area contributed by atoms with Crippen molar-refractivity contribution in [1.82, 2.24) is 5.32 Å². The van der Waals surface area contributed by atoms with Crippen LogP contribution in [-0.2, 0) is 9.53 Å². The van der Waals surface area contributed by atoms with Crippen molar-refractivity contribution in [2.24, 2.45) is 11.8 Å². The van der Waals surface area contributed by atoms with Gasteiger partial charge in [-0.15, -0.1) is 0 Å². The highest BCUT2D eigenvalue weighted by atomic mass is 16.5. The summed E-state index contributed by atoms with van der Waals surface area (Å²) in [5, 5.41) is 2.91. The predicted molar refractivity (Wildman–Crippen MR) is 51.0 cm³/mol. The fourth-order valence-electron chi connectivity index (χ4n) is 1.16. The Kier molecular flexibility index (Phi) is 3.80. The molecule has 0 aromatic carbocycles. The van der Waals surface area contributed by atoms with Crippen molar-refractivity contribution in [3.05, 3.63) is 12.3 Å². The van der Waals surface area contributed by atoms with Crippen LogP contribution >= 0.6 is 0 Å². The molecule has 1 rings (SSSR count). The molecule has 1 aliphatic heterocycles. The van der Waals surface area contributed by atoms with Gasteiger partial charge in [0.15, 0.2) is 0 Å². The fourth-order valence-corrected chi connectivity index (χ4v) is 1.16. The molecule has 0 fully saturated rings. The minimum atomic E-state index is 0.0730. The Morgan fingerprint density at radius 3 is 3.00 bits per heavy atom. The van der Waals surface area contributed by atoms with Crippen molar-refractivity contribution in [2.45, 2.75) is 20.3 Å². The Morgan fingerprint density at radius 1 is 1.69 bits per heavy atom. The van der Waals surface area contributed by atoms with Gasteiger partial charge in [-0.2, -0.15) is 0 Å². The molecule has 0 spiro atoms. The molecule has 0 saturated heterocycles. The zero-order chi connectivity index (χ0) is 9.68. The highest BCUT2D eigenvalue weighted by Gasteiger charge is 2.11. The van der Waals surface area contributed by atoms with Gasteiger partial charge in [-0.3, -0.25) is 4.79 Å². The number of hydrogen-bond acceptors (Lipinski definition) is 2. The minimum absolute atomic E-state index is 0.0730. The number of amides is 1. The maximum absolute atomic E-state index is 11.2. The summed E-state index contributed by atoms with van der Waals surface area (Å²) in [6.07, 6.45) is 4.72. The summed E-state index contributed by atoms with van der Waals surface area (Å²) >= 11 is 0. The Bertz CT molecular complexity index is 199. The van der Waals surface area contributed by atoms with Gasteiger partial charge in [0.1, 0.15) is 0 Å². The normalized spacial score (nSPS) is 21.3. The lowest BCUT2D eigenvalue weighted by molar-refractivity contribution is -0.124. The molecule has 0 aromatic rings. The SMILES string of the molecule is CC(C)C(=O)NCC1C=COCC1. The van der Waals surface area contributed by atoms with Crippen molar-refractivity contribution in [2.75, 3.05) is 13.2 Å². The fraction of sp³-hybridized carbons (Fsp3) is 0.700. The zero-order valence-electron chi connectivity index (χ0n) is 8.25. The zero-order valence-corrected chi connectivity index (χ0v) is 8.25. The largest absolute Gasteiger partial charge is 0.501 e. The molecule has 0 saturated carbocycles. The average Bonchev–Trinajstić information content (AvgIpc) is 2.15. The topological polar surface area (TPSA) is 38.3 Å². The van der Waals surface area contributed by atoms with Crippen LogP contribution < -0.4 is 5.32 Å². The summed E-state index contributed by atoms with van der Waals surface area (Å²) in [5.74, 6) is 0.639. The number of rotatable bonds is 3. The van der Waals surface area contributed by atoms with E-state index in [9.17, 15) is 4.79 Å². The van der Waals surface area contributed by atoms with Crippen LogP contribution in [0, 0.1) is 11.8 Å². The molecule has 3 heteroatoms. The Balaban J connectivity index is 2.21. The first-order chi connectivity index (χ1) is 6.20. The van der Waals surface area contributed by atoms with Gasteiger partial charge in [0, 0.05) is 18.4 Å². The van der Waals surface area contributed by atoms with Crippen LogP contribution in [0.25, 0.3) is 0 Å². The molecular weight excluding hydrogens is 166 g/mol. The second-order valence-electron chi connectivity index (χ2n) is 3.65. The molecule has 1 unspecified atom stereocenters. The molecule has 0 aromatic heterocycles. The lowest BCUT2D eigenvalue weighted by Gasteiger charge is -2.17. The van der Waals surface area contributed by atoms with Gasteiger partial charge in [0.05, 0.1) is 12.9 Å². The van der Waals surface area contributed by atoms with Crippen LogP contribution in [0.1, 0.15) is 20.3 Å². The van der Waals surface area contributed by atoms with Gasteiger partial charge in [-0.05, 0) is 12.5 Å². The van der Waals surface area contributed by atoms with E-state index in [1.807, 2.05) is 19.9 Å². The standard InChI is InChI=1S/C10H17NO2/c1-8(2)10(12)11-7-9-3-5-13-6-4-9/h3,5,8-9H,4,6-7H2,1-2H3,(H,11,12). The van der Waals surface area contributed by atoms with Crippen molar-refractivity contribution in [1.29, 1.82) is 0 Å². The summed E-state index contributed by atoms with van der Waals surface area (Å²) in [4.78, 5) is 11.2. The highest BCUT2D eigenvalue weighted by Crippen LogP contribution is 2.09. The van der Waals surface area contributed by atoms with Gasteiger partial charge in [-0.1, -0.05) is 13.8 Å². The number of carbonyl (C=O) groups is 1. The Labute approximate surface area is 79.2 Å². The number of ether oxygens (including phenoxy) is 1. The predicted octanol–water partition coefficient (Wildman–Crippen LogP) is 1.31. The van der Waals surface area contributed by atoms with Crippen molar-refractivity contribution >= 4 is 5.91 Å². The second-order valence-corrected chi connectivity index (χ2v) is 3.65. The average molecular weight is 183 g/mol. The summed E-state index contributed by atoms with van der Waals surface area (Å²) in [6.45, 7) is 5.29. The van der Waals surface area contributed by atoms with Crippen molar-refractivity contribution in [3.63, 3.8) is 0 Å². The Hall–Kier alpha value is -0.990. The van der Waals surface area contributed by atoms with Crippen LogP contribution in [0.2, 0.25) is 0 Å². The van der Waals surface area contributed by atoms with E-state index >= 15 is 0 Å². The van der Waals surface area contributed by atoms with Gasteiger partial charge < -0.3 is 10.1 Å². The first-order valence-corrected chi connectivity index (χ1v) is 4.76. The highest BCUT2D eigenvalue weighted by molar-refractivity contribution is 5.77. The van der Waals surface area contributed by atoms with E-state index < -0.39 is 0 Å². The summed E-state index contributed by atoms with van der Waals surface area (Å²) in [6, 6.07) is 0. The van der Waals surface area contributed by atoms with Crippen LogP contribution in [-0.4, -0.2) is 19.1 Å². The molecule has 1 amide bonds. The molecule has 1 heterocycles. The molecule has 3 nitrogen and oxygen atoms in total. The quantitative estimate of drug-likeness (QED) is 0.716. The number of nitrogens with one attached hydrogen (secondary N) is 1. The molecule has 0 aliphatic carbocycles. The maximum Gasteiger partial charge on any atom is 0.222 e. The van der Waals surface area contributed by atoms with Crippen LogP contribution in [0.15, 0.2) is 12.3 Å². The molecule has 0 bridgehead atoms. The van der Waals surface area contributed by atoms with Gasteiger partial charge >= 0.3 is 0 Å². The summed E-state index contributed by atoms with van der Waals surface area (Å²) in [5.41, 5.74) is 0. The van der Waals surface area contributed by atoms with E-state index in [0.717, 1.165) is 19.6 Å². The molecule has 1 aliphatic rings. The van der Waals surface area contributed by atoms with Gasteiger partial charge in [0.25, 0.3) is 0 Å². The maximum atomic E-state index is 11.2. The van der Waals surface area contributed by atoms with E-state index in [1.165, 1.54) is 0 Å². The third kappa shape index (κ3) is 3.49. The monoisotopic (exact) mass is 183 g/mol. The summed E-state index contributed by atoms with van der Waals surface area (Å²) < 4.78 is 5.06. The lowest BCUT2D eigenvalue weighted by atomic mass is 10.0. The lowest BCUT2D eigenvalue weighted by Crippen LogP contribution is -2.32.